The standard InChI is InChI=1S/C23H26N6O/c1-5-29-22-21(17(4)27-29)19(13-20(26-22)18-9-7-15(2)8-10-18)23(30)25-16(3)14-28-12-6-11-24-28/h6-13,16H,5,14H2,1-4H3,(H,25,30). The molecule has 154 valence electrons. The third-order valence-corrected chi connectivity index (χ3v) is 5.17. The van der Waals surface area contributed by atoms with Gasteiger partial charge in [-0.3, -0.25) is 9.48 Å². The van der Waals surface area contributed by atoms with E-state index in [2.05, 4.69) is 34.6 Å². The Morgan fingerprint density at radius 3 is 2.63 bits per heavy atom. The van der Waals surface area contributed by atoms with Crippen LogP contribution >= 0.6 is 0 Å². The number of rotatable bonds is 6. The molecular weight excluding hydrogens is 376 g/mol. The lowest BCUT2D eigenvalue weighted by Gasteiger charge is -2.15. The number of hydrogen-bond acceptors (Lipinski definition) is 4. The Labute approximate surface area is 175 Å². The lowest BCUT2D eigenvalue weighted by molar-refractivity contribution is 0.0937. The second kappa shape index (κ2) is 8.10. The molecule has 0 radical (unpaired) electrons. The Hall–Kier alpha value is -3.48. The van der Waals surface area contributed by atoms with Crippen LogP contribution in [0.3, 0.4) is 0 Å². The van der Waals surface area contributed by atoms with Crippen molar-refractivity contribution in [2.45, 2.75) is 46.8 Å². The summed E-state index contributed by atoms with van der Waals surface area (Å²) in [5, 5.41) is 12.7. The van der Waals surface area contributed by atoms with E-state index in [0.717, 1.165) is 28.0 Å². The molecule has 3 heterocycles. The number of fused-ring (bicyclic) bond motifs is 1. The maximum Gasteiger partial charge on any atom is 0.252 e. The number of aryl methyl sites for hydroxylation is 3. The van der Waals surface area contributed by atoms with Crippen LogP contribution in [0.4, 0.5) is 0 Å². The fourth-order valence-electron chi connectivity index (χ4n) is 3.66. The van der Waals surface area contributed by atoms with Gasteiger partial charge in [0.25, 0.3) is 5.91 Å². The highest BCUT2D eigenvalue weighted by atomic mass is 16.1. The summed E-state index contributed by atoms with van der Waals surface area (Å²) in [6.07, 6.45) is 3.62. The third-order valence-electron chi connectivity index (χ3n) is 5.17. The lowest BCUT2D eigenvalue weighted by Crippen LogP contribution is -2.36. The predicted molar refractivity (Wildman–Crippen MR) is 117 cm³/mol. The molecule has 0 aliphatic rings. The molecule has 1 amide bonds. The van der Waals surface area contributed by atoms with Crippen LogP contribution in [0.25, 0.3) is 22.3 Å². The maximum atomic E-state index is 13.3. The largest absolute Gasteiger partial charge is 0.348 e. The van der Waals surface area contributed by atoms with Crippen molar-refractivity contribution >= 4 is 16.9 Å². The van der Waals surface area contributed by atoms with Crippen molar-refractivity contribution in [3.8, 4) is 11.3 Å². The molecule has 4 rings (SSSR count). The van der Waals surface area contributed by atoms with Crippen molar-refractivity contribution < 1.29 is 4.79 Å². The van der Waals surface area contributed by atoms with Gasteiger partial charge in [0, 0.05) is 30.5 Å². The molecule has 0 saturated carbocycles. The van der Waals surface area contributed by atoms with Crippen LogP contribution in [0.15, 0.2) is 48.8 Å². The van der Waals surface area contributed by atoms with Gasteiger partial charge in [-0.25, -0.2) is 9.67 Å². The number of pyridine rings is 1. The highest BCUT2D eigenvalue weighted by Gasteiger charge is 2.21. The highest BCUT2D eigenvalue weighted by molar-refractivity contribution is 6.07. The van der Waals surface area contributed by atoms with Crippen LogP contribution in [0, 0.1) is 13.8 Å². The topological polar surface area (TPSA) is 77.6 Å². The number of aromatic nitrogens is 5. The van der Waals surface area contributed by atoms with Gasteiger partial charge in [0.2, 0.25) is 0 Å². The van der Waals surface area contributed by atoms with Crippen molar-refractivity contribution in [3.63, 3.8) is 0 Å². The molecule has 0 bridgehead atoms. The predicted octanol–water partition coefficient (Wildman–Crippen LogP) is 3.75. The van der Waals surface area contributed by atoms with E-state index in [1.807, 2.05) is 60.6 Å². The molecule has 1 unspecified atom stereocenters. The van der Waals surface area contributed by atoms with Crippen molar-refractivity contribution in [2.75, 3.05) is 0 Å². The third kappa shape index (κ3) is 3.83. The van der Waals surface area contributed by atoms with Gasteiger partial charge in [-0.05, 0) is 39.8 Å². The molecule has 4 aromatic rings. The molecule has 0 aliphatic carbocycles. The summed E-state index contributed by atoms with van der Waals surface area (Å²) in [6, 6.07) is 11.8. The molecule has 0 spiro atoms. The Morgan fingerprint density at radius 1 is 1.20 bits per heavy atom. The first kappa shape index (κ1) is 19.8. The first-order valence-corrected chi connectivity index (χ1v) is 10.2. The summed E-state index contributed by atoms with van der Waals surface area (Å²) in [6.45, 7) is 9.26. The number of nitrogens with one attached hydrogen (secondary N) is 1. The zero-order valence-electron chi connectivity index (χ0n) is 17.8. The molecule has 0 saturated heterocycles. The second-order valence-electron chi connectivity index (χ2n) is 7.62. The summed E-state index contributed by atoms with van der Waals surface area (Å²) in [4.78, 5) is 18.1. The summed E-state index contributed by atoms with van der Waals surface area (Å²) in [5.74, 6) is -0.130. The van der Waals surface area contributed by atoms with Gasteiger partial charge in [-0.1, -0.05) is 29.8 Å². The lowest BCUT2D eigenvalue weighted by atomic mass is 10.0. The molecule has 0 fully saturated rings. The average molecular weight is 403 g/mol. The van der Waals surface area contributed by atoms with Gasteiger partial charge in [-0.15, -0.1) is 0 Å². The van der Waals surface area contributed by atoms with Crippen molar-refractivity contribution in [1.29, 1.82) is 0 Å². The molecular formula is C23H26N6O. The van der Waals surface area contributed by atoms with E-state index in [0.29, 0.717) is 18.7 Å². The van der Waals surface area contributed by atoms with Gasteiger partial charge in [0.05, 0.1) is 28.9 Å². The van der Waals surface area contributed by atoms with Crippen molar-refractivity contribution in [3.05, 3.63) is 65.6 Å². The van der Waals surface area contributed by atoms with Gasteiger partial charge >= 0.3 is 0 Å². The van der Waals surface area contributed by atoms with Gasteiger partial charge in [0.1, 0.15) is 0 Å². The molecule has 1 N–H and O–H groups in total. The molecule has 1 aromatic carbocycles. The van der Waals surface area contributed by atoms with Crippen LogP contribution in [0.2, 0.25) is 0 Å². The van der Waals surface area contributed by atoms with Gasteiger partial charge < -0.3 is 5.32 Å². The van der Waals surface area contributed by atoms with Crippen molar-refractivity contribution in [1.82, 2.24) is 29.9 Å². The summed E-state index contributed by atoms with van der Waals surface area (Å²) in [5.41, 5.74) is 5.06. The molecule has 1 atom stereocenters. The molecule has 0 aliphatic heterocycles. The average Bonchev–Trinajstić information content (AvgIpc) is 3.35. The second-order valence-corrected chi connectivity index (χ2v) is 7.62. The Kier molecular flexibility index (Phi) is 5.35. The quantitative estimate of drug-likeness (QED) is 0.533. The van der Waals surface area contributed by atoms with Crippen LogP contribution < -0.4 is 5.32 Å². The number of carbonyl (C=O) groups is 1. The number of carbonyl (C=O) groups excluding carboxylic acids is 1. The minimum atomic E-state index is -0.130. The molecule has 7 heteroatoms. The minimum absolute atomic E-state index is 0.0787. The van der Waals surface area contributed by atoms with E-state index in [1.54, 1.807) is 6.20 Å². The zero-order valence-corrected chi connectivity index (χ0v) is 17.8. The minimum Gasteiger partial charge on any atom is -0.348 e. The first-order valence-electron chi connectivity index (χ1n) is 10.2. The van der Waals surface area contributed by atoms with Crippen LogP contribution in [-0.4, -0.2) is 36.5 Å². The highest BCUT2D eigenvalue weighted by Crippen LogP contribution is 2.27. The molecule has 3 aromatic heterocycles. The first-order chi connectivity index (χ1) is 14.5. The number of benzene rings is 1. The Bertz CT molecular complexity index is 1170. The maximum absolute atomic E-state index is 13.3. The van der Waals surface area contributed by atoms with Crippen molar-refractivity contribution in [2.24, 2.45) is 0 Å². The summed E-state index contributed by atoms with van der Waals surface area (Å²) in [7, 11) is 0. The molecule has 7 nitrogen and oxygen atoms in total. The smallest absolute Gasteiger partial charge is 0.252 e. The van der Waals surface area contributed by atoms with E-state index >= 15 is 0 Å². The van der Waals surface area contributed by atoms with Gasteiger partial charge in [-0.2, -0.15) is 10.2 Å². The van der Waals surface area contributed by atoms with Crippen LogP contribution in [0.5, 0.6) is 0 Å². The normalized spacial score (nSPS) is 12.3. The summed E-state index contributed by atoms with van der Waals surface area (Å²) < 4.78 is 3.66. The SMILES string of the molecule is CCn1nc(C)c2c(C(=O)NC(C)Cn3cccn3)cc(-c3ccc(C)cc3)nc21. The van der Waals surface area contributed by atoms with Crippen LogP contribution in [0.1, 0.15) is 35.5 Å². The Balaban J connectivity index is 1.75. The van der Waals surface area contributed by atoms with E-state index in [-0.39, 0.29) is 11.9 Å². The van der Waals surface area contributed by atoms with E-state index in [9.17, 15) is 4.79 Å². The Morgan fingerprint density at radius 2 is 1.97 bits per heavy atom. The number of amides is 1. The zero-order chi connectivity index (χ0) is 21.3. The molecule has 30 heavy (non-hydrogen) atoms. The fourth-order valence-corrected chi connectivity index (χ4v) is 3.66. The number of nitrogens with zero attached hydrogens (tertiary/aromatic N) is 5. The van der Waals surface area contributed by atoms with E-state index in [4.69, 9.17) is 4.98 Å². The van der Waals surface area contributed by atoms with E-state index < -0.39 is 0 Å². The van der Waals surface area contributed by atoms with Crippen LogP contribution in [-0.2, 0) is 13.1 Å². The summed E-state index contributed by atoms with van der Waals surface area (Å²) >= 11 is 0. The van der Waals surface area contributed by atoms with E-state index in [1.165, 1.54) is 5.56 Å². The monoisotopic (exact) mass is 402 g/mol. The number of hydrogen-bond donors (Lipinski definition) is 1. The van der Waals surface area contributed by atoms with Gasteiger partial charge in [0.15, 0.2) is 5.65 Å². The fraction of sp³-hybridized carbons (Fsp3) is 0.304.